The number of carboxylic acid groups (broad SMARTS) is 1. The van der Waals surface area contributed by atoms with Gasteiger partial charge in [-0.15, -0.1) is 0 Å². The molecule has 0 aromatic heterocycles. The fraction of sp³-hybridized carbons (Fsp3) is 0.222. The standard InChI is InChI=1S/C9H10F2N2O4S/c1-13(5-9(14)15)18(16,17)12-8-3-2-6(10)4-7(8)11/h2-4,12H,5H2,1H3,(H,14,15). The van der Waals surface area contributed by atoms with Crippen LogP contribution in [0.3, 0.4) is 0 Å². The number of nitrogens with one attached hydrogen (secondary N) is 1. The number of hydrogen-bond donors (Lipinski definition) is 2. The third kappa shape index (κ3) is 3.64. The molecule has 0 saturated heterocycles. The molecule has 0 amide bonds. The van der Waals surface area contributed by atoms with Crippen LogP contribution in [0.2, 0.25) is 0 Å². The third-order valence-electron chi connectivity index (χ3n) is 1.94. The summed E-state index contributed by atoms with van der Waals surface area (Å²) in [6, 6.07) is 2.28. The Labute approximate surface area is 102 Å². The molecule has 0 aliphatic rings. The quantitative estimate of drug-likeness (QED) is 0.828. The van der Waals surface area contributed by atoms with E-state index < -0.39 is 40.0 Å². The van der Waals surface area contributed by atoms with Crippen LogP contribution in [-0.4, -0.2) is 37.4 Å². The highest BCUT2D eigenvalue weighted by atomic mass is 32.2. The Morgan fingerprint density at radius 1 is 1.44 bits per heavy atom. The van der Waals surface area contributed by atoms with Crippen LogP contribution in [0.4, 0.5) is 14.5 Å². The predicted molar refractivity (Wildman–Crippen MR) is 59.2 cm³/mol. The summed E-state index contributed by atoms with van der Waals surface area (Å²) in [6.45, 7) is -0.780. The Bertz CT molecular complexity index is 562. The first-order chi connectivity index (χ1) is 8.22. The second kappa shape index (κ2) is 5.27. The van der Waals surface area contributed by atoms with E-state index in [9.17, 15) is 22.0 Å². The smallest absolute Gasteiger partial charge is 0.318 e. The Kier molecular flexibility index (Phi) is 4.19. The van der Waals surface area contributed by atoms with E-state index in [1.807, 2.05) is 4.72 Å². The van der Waals surface area contributed by atoms with Crippen LogP contribution in [0.1, 0.15) is 0 Å². The Morgan fingerprint density at radius 2 is 2.06 bits per heavy atom. The van der Waals surface area contributed by atoms with Gasteiger partial charge in [0.25, 0.3) is 0 Å². The maximum atomic E-state index is 13.2. The number of benzene rings is 1. The van der Waals surface area contributed by atoms with Gasteiger partial charge in [0.2, 0.25) is 0 Å². The number of rotatable bonds is 5. The molecule has 100 valence electrons. The first-order valence-electron chi connectivity index (χ1n) is 4.63. The topological polar surface area (TPSA) is 86.7 Å². The number of anilines is 1. The molecule has 6 nitrogen and oxygen atoms in total. The molecule has 0 atom stereocenters. The van der Waals surface area contributed by atoms with Gasteiger partial charge in [-0.25, -0.2) is 8.78 Å². The lowest BCUT2D eigenvalue weighted by molar-refractivity contribution is -0.137. The van der Waals surface area contributed by atoms with Gasteiger partial charge < -0.3 is 5.11 Å². The normalized spacial score (nSPS) is 11.6. The minimum absolute atomic E-state index is 0.464. The first-order valence-corrected chi connectivity index (χ1v) is 6.07. The molecule has 9 heteroatoms. The number of hydrogen-bond acceptors (Lipinski definition) is 3. The molecule has 0 bridgehead atoms. The van der Waals surface area contributed by atoms with E-state index in [1.54, 1.807) is 0 Å². The van der Waals surface area contributed by atoms with Gasteiger partial charge in [0.05, 0.1) is 5.69 Å². The minimum Gasteiger partial charge on any atom is -0.480 e. The van der Waals surface area contributed by atoms with Crippen LogP contribution in [-0.2, 0) is 15.0 Å². The fourth-order valence-electron chi connectivity index (χ4n) is 1.06. The van der Waals surface area contributed by atoms with Crippen molar-refractivity contribution in [3.05, 3.63) is 29.8 Å². The van der Waals surface area contributed by atoms with Gasteiger partial charge >= 0.3 is 16.2 Å². The summed E-state index contributed by atoms with van der Waals surface area (Å²) in [5, 5.41) is 8.45. The molecule has 1 aromatic rings. The summed E-state index contributed by atoms with van der Waals surface area (Å²) in [6.07, 6.45) is 0. The molecule has 0 aliphatic heterocycles. The zero-order valence-electron chi connectivity index (χ0n) is 9.22. The van der Waals surface area contributed by atoms with E-state index in [2.05, 4.69) is 0 Å². The molecule has 0 spiro atoms. The summed E-state index contributed by atoms with van der Waals surface area (Å²) in [5.74, 6) is -3.31. The molecule has 1 aromatic carbocycles. The lowest BCUT2D eigenvalue weighted by atomic mass is 10.3. The SMILES string of the molecule is CN(CC(=O)O)S(=O)(=O)Nc1ccc(F)cc1F. The number of carbonyl (C=O) groups is 1. The minimum atomic E-state index is -4.20. The molecule has 0 radical (unpaired) electrons. The summed E-state index contributed by atoms with van der Waals surface area (Å²) < 4.78 is 51.2. The van der Waals surface area contributed by atoms with Gasteiger partial charge in [-0.2, -0.15) is 12.7 Å². The van der Waals surface area contributed by atoms with Crippen LogP contribution >= 0.6 is 0 Å². The number of likely N-dealkylation sites (N-methyl/N-ethyl adjacent to an activating group) is 1. The Morgan fingerprint density at radius 3 is 2.56 bits per heavy atom. The van der Waals surface area contributed by atoms with E-state index in [0.717, 1.165) is 19.2 Å². The van der Waals surface area contributed by atoms with Gasteiger partial charge in [-0.3, -0.25) is 9.52 Å². The molecular weight excluding hydrogens is 270 g/mol. The molecule has 2 N–H and O–H groups in total. The number of nitrogens with zero attached hydrogens (tertiary/aromatic N) is 1. The van der Waals surface area contributed by atoms with E-state index in [-0.39, 0.29) is 0 Å². The molecule has 0 saturated carbocycles. The summed E-state index contributed by atoms with van der Waals surface area (Å²) in [5.41, 5.74) is -0.464. The van der Waals surface area contributed by atoms with Crippen LogP contribution in [0, 0.1) is 11.6 Å². The monoisotopic (exact) mass is 280 g/mol. The second-order valence-electron chi connectivity index (χ2n) is 3.38. The van der Waals surface area contributed by atoms with Crippen molar-refractivity contribution in [2.45, 2.75) is 0 Å². The Balaban J connectivity index is 2.92. The van der Waals surface area contributed by atoms with Crippen LogP contribution in [0.5, 0.6) is 0 Å². The molecule has 0 heterocycles. The van der Waals surface area contributed by atoms with Crippen molar-refractivity contribution in [2.75, 3.05) is 18.3 Å². The van der Waals surface area contributed by atoms with Gasteiger partial charge in [0.1, 0.15) is 18.2 Å². The van der Waals surface area contributed by atoms with Crippen LogP contribution < -0.4 is 4.72 Å². The molecular formula is C9H10F2N2O4S. The highest BCUT2D eigenvalue weighted by Gasteiger charge is 2.21. The van der Waals surface area contributed by atoms with Crippen molar-refractivity contribution < 1.29 is 27.1 Å². The average Bonchev–Trinajstić information content (AvgIpc) is 2.21. The molecule has 0 unspecified atom stereocenters. The summed E-state index contributed by atoms with van der Waals surface area (Å²) in [4.78, 5) is 10.4. The first kappa shape index (κ1) is 14.3. The summed E-state index contributed by atoms with van der Waals surface area (Å²) >= 11 is 0. The third-order valence-corrected chi connectivity index (χ3v) is 3.37. The van der Waals surface area contributed by atoms with Crippen molar-refractivity contribution in [1.82, 2.24) is 4.31 Å². The zero-order valence-corrected chi connectivity index (χ0v) is 10.0. The maximum Gasteiger partial charge on any atom is 0.318 e. The van der Waals surface area contributed by atoms with E-state index in [0.29, 0.717) is 10.4 Å². The van der Waals surface area contributed by atoms with Crippen molar-refractivity contribution >= 4 is 21.9 Å². The number of aliphatic carboxylic acids is 1. The lowest BCUT2D eigenvalue weighted by Gasteiger charge is -2.16. The molecule has 0 aliphatic carbocycles. The van der Waals surface area contributed by atoms with E-state index in [4.69, 9.17) is 5.11 Å². The number of carboxylic acids is 1. The highest BCUT2D eigenvalue weighted by Crippen LogP contribution is 2.17. The van der Waals surface area contributed by atoms with Crippen molar-refractivity contribution in [2.24, 2.45) is 0 Å². The lowest BCUT2D eigenvalue weighted by Crippen LogP contribution is -2.36. The number of halogens is 2. The average molecular weight is 280 g/mol. The van der Waals surface area contributed by atoms with Crippen LogP contribution in [0.15, 0.2) is 18.2 Å². The Hall–Kier alpha value is -1.74. The zero-order chi connectivity index (χ0) is 13.9. The second-order valence-corrected chi connectivity index (χ2v) is 5.16. The predicted octanol–water partition coefficient (Wildman–Crippen LogP) is 0.638. The van der Waals surface area contributed by atoms with Gasteiger partial charge in [0.15, 0.2) is 0 Å². The van der Waals surface area contributed by atoms with Crippen molar-refractivity contribution in [1.29, 1.82) is 0 Å². The summed E-state index contributed by atoms with van der Waals surface area (Å²) in [7, 11) is -3.19. The van der Waals surface area contributed by atoms with Gasteiger partial charge in [0, 0.05) is 13.1 Å². The van der Waals surface area contributed by atoms with Gasteiger partial charge in [-0.05, 0) is 12.1 Å². The van der Waals surface area contributed by atoms with E-state index >= 15 is 0 Å². The molecule has 1 rings (SSSR count). The van der Waals surface area contributed by atoms with Crippen molar-refractivity contribution in [3.8, 4) is 0 Å². The largest absolute Gasteiger partial charge is 0.480 e. The van der Waals surface area contributed by atoms with Gasteiger partial charge in [-0.1, -0.05) is 0 Å². The highest BCUT2D eigenvalue weighted by molar-refractivity contribution is 7.90. The molecule has 0 fully saturated rings. The fourth-order valence-corrected chi connectivity index (χ4v) is 1.94. The van der Waals surface area contributed by atoms with Crippen LogP contribution in [0.25, 0.3) is 0 Å². The van der Waals surface area contributed by atoms with E-state index in [1.165, 1.54) is 0 Å². The maximum absolute atomic E-state index is 13.2. The van der Waals surface area contributed by atoms with Crippen molar-refractivity contribution in [3.63, 3.8) is 0 Å². The molecule has 18 heavy (non-hydrogen) atoms.